The van der Waals surface area contributed by atoms with Crippen LogP contribution in [0.4, 0.5) is 27.6 Å². The third kappa shape index (κ3) is 5.10. The Balaban J connectivity index is 1.48. The molecular formula is C22H16F5N3O3. The van der Waals surface area contributed by atoms with Gasteiger partial charge in [-0.25, -0.2) is 8.78 Å². The van der Waals surface area contributed by atoms with E-state index in [2.05, 4.69) is 15.6 Å². The minimum Gasteiger partial charge on any atom is -0.457 e. The number of hydrogen-bond acceptors (Lipinski definition) is 5. The number of nitrogens with one attached hydrogen (secondary N) is 2. The molecule has 172 valence electrons. The average Bonchev–Trinajstić information content (AvgIpc) is 3.55. The molecule has 0 radical (unpaired) electrons. The van der Waals surface area contributed by atoms with Gasteiger partial charge in [0.05, 0.1) is 22.5 Å². The zero-order chi connectivity index (χ0) is 23.8. The molecule has 2 unspecified atom stereocenters. The molecule has 0 bridgehead atoms. The van der Waals surface area contributed by atoms with Gasteiger partial charge in [-0.3, -0.25) is 15.1 Å². The standard InChI is InChI=1S/C22H16F5N3O3/c1-28-21-19(33-21)18-10-13(6-7-29-18)32-12-3-5-17(16(24)9-12)30-20(31)14-8-11(22(25,26)27)2-4-15(14)23/h2-10,19,21,28H,1H3,(H,30,31). The Morgan fingerprint density at radius 3 is 2.45 bits per heavy atom. The van der Waals surface area contributed by atoms with Crippen molar-refractivity contribution in [2.24, 2.45) is 0 Å². The molecule has 1 aromatic heterocycles. The molecule has 3 aromatic rings. The van der Waals surface area contributed by atoms with Gasteiger partial charge in [-0.15, -0.1) is 0 Å². The van der Waals surface area contributed by atoms with Crippen molar-refractivity contribution < 1.29 is 36.2 Å². The summed E-state index contributed by atoms with van der Waals surface area (Å²) in [4.78, 5) is 16.5. The van der Waals surface area contributed by atoms with Gasteiger partial charge in [0.1, 0.15) is 35.5 Å². The molecule has 1 aliphatic rings. The first-order valence-corrected chi connectivity index (χ1v) is 9.60. The van der Waals surface area contributed by atoms with E-state index in [0.717, 1.165) is 12.1 Å². The van der Waals surface area contributed by atoms with E-state index in [9.17, 15) is 26.7 Å². The number of aromatic nitrogens is 1. The molecule has 1 saturated heterocycles. The van der Waals surface area contributed by atoms with Crippen molar-refractivity contribution in [3.8, 4) is 11.5 Å². The maximum absolute atomic E-state index is 14.5. The van der Waals surface area contributed by atoms with Gasteiger partial charge in [0.2, 0.25) is 0 Å². The number of halogens is 5. The van der Waals surface area contributed by atoms with E-state index in [0.29, 0.717) is 29.6 Å². The smallest absolute Gasteiger partial charge is 0.416 e. The molecule has 0 spiro atoms. The summed E-state index contributed by atoms with van der Waals surface area (Å²) in [7, 11) is 1.75. The van der Waals surface area contributed by atoms with E-state index in [1.165, 1.54) is 12.3 Å². The summed E-state index contributed by atoms with van der Waals surface area (Å²) in [6.45, 7) is 0. The van der Waals surface area contributed by atoms with Crippen LogP contribution in [0, 0.1) is 11.6 Å². The molecule has 33 heavy (non-hydrogen) atoms. The zero-order valence-corrected chi connectivity index (χ0v) is 16.9. The molecular weight excluding hydrogens is 449 g/mol. The molecule has 2 heterocycles. The minimum atomic E-state index is -4.76. The SMILES string of the molecule is CNC1OC1c1cc(Oc2ccc(NC(=O)c3cc(C(F)(F)F)ccc3F)c(F)c2)ccn1. The Morgan fingerprint density at radius 1 is 1.03 bits per heavy atom. The van der Waals surface area contributed by atoms with Crippen molar-refractivity contribution in [2.45, 2.75) is 18.5 Å². The second-order valence-corrected chi connectivity index (χ2v) is 7.07. The topological polar surface area (TPSA) is 75.8 Å². The molecule has 4 rings (SSSR count). The van der Waals surface area contributed by atoms with Crippen LogP contribution < -0.4 is 15.4 Å². The van der Waals surface area contributed by atoms with Crippen LogP contribution in [-0.2, 0) is 10.9 Å². The van der Waals surface area contributed by atoms with Crippen LogP contribution in [0.3, 0.4) is 0 Å². The largest absolute Gasteiger partial charge is 0.457 e. The van der Waals surface area contributed by atoms with E-state index in [-0.39, 0.29) is 23.8 Å². The Morgan fingerprint density at radius 2 is 1.79 bits per heavy atom. The summed E-state index contributed by atoms with van der Waals surface area (Å²) >= 11 is 0. The van der Waals surface area contributed by atoms with Crippen LogP contribution in [-0.4, -0.2) is 24.2 Å². The maximum Gasteiger partial charge on any atom is 0.416 e. The van der Waals surface area contributed by atoms with E-state index >= 15 is 0 Å². The van der Waals surface area contributed by atoms with E-state index in [4.69, 9.17) is 9.47 Å². The number of epoxide rings is 1. The van der Waals surface area contributed by atoms with Crippen LogP contribution in [0.25, 0.3) is 0 Å². The number of hydrogen-bond donors (Lipinski definition) is 2. The number of carbonyl (C=O) groups excluding carboxylic acids is 1. The number of alkyl halides is 3. The van der Waals surface area contributed by atoms with Crippen molar-refractivity contribution in [3.63, 3.8) is 0 Å². The molecule has 0 saturated carbocycles. The van der Waals surface area contributed by atoms with Gasteiger partial charge in [-0.1, -0.05) is 0 Å². The second-order valence-electron chi connectivity index (χ2n) is 7.07. The summed E-state index contributed by atoms with van der Waals surface area (Å²) in [6, 6.07) is 8.06. The van der Waals surface area contributed by atoms with Crippen LogP contribution in [0.2, 0.25) is 0 Å². The first-order valence-electron chi connectivity index (χ1n) is 9.60. The number of carbonyl (C=O) groups is 1. The normalized spacial score (nSPS) is 17.5. The number of pyridine rings is 1. The molecule has 2 N–H and O–H groups in total. The van der Waals surface area contributed by atoms with Crippen molar-refractivity contribution >= 4 is 11.6 Å². The number of likely N-dealkylation sites (N-methyl/N-ethyl adjacent to an activating group) is 1. The molecule has 2 atom stereocenters. The number of ether oxygens (including phenoxy) is 2. The van der Waals surface area contributed by atoms with E-state index < -0.39 is 34.8 Å². The number of rotatable bonds is 6. The molecule has 1 fully saturated rings. The highest BCUT2D eigenvalue weighted by Crippen LogP contribution is 2.37. The Hall–Kier alpha value is -3.57. The van der Waals surface area contributed by atoms with Crippen LogP contribution in [0.15, 0.2) is 54.7 Å². The monoisotopic (exact) mass is 465 g/mol. The van der Waals surface area contributed by atoms with Crippen molar-refractivity contribution in [3.05, 3.63) is 83.2 Å². The highest BCUT2D eigenvalue weighted by Gasteiger charge is 2.40. The first-order chi connectivity index (χ1) is 15.7. The highest BCUT2D eigenvalue weighted by molar-refractivity contribution is 6.04. The fourth-order valence-corrected chi connectivity index (χ4v) is 3.07. The third-order valence-electron chi connectivity index (χ3n) is 4.78. The summed E-state index contributed by atoms with van der Waals surface area (Å²) in [5, 5.41) is 5.02. The first kappa shape index (κ1) is 22.6. The Labute approximate surface area is 184 Å². The maximum atomic E-state index is 14.5. The van der Waals surface area contributed by atoms with Crippen molar-refractivity contribution in [2.75, 3.05) is 12.4 Å². The van der Waals surface area contributed by atoms with Crippen molar-refractivity contribution in [1.29, 1.82) is 0 Å². The predicted octanol–water partition coefficient (Wildman–Crippen LogP) is 5.04. The lowest BCUT2D eigenvalue weighted by molar-refractivity contribution is -0.137. The number of amides is 1. The zero-order valence-electron chi connectivity index (χ0n) is 16.9. The summed E-state index contributed by atoms with van der Waals surface area (Å²) in [6.07, 6.45) is -3.62. The molecule has 2 aromatic carbocycles. The van der Waals surface area contributed by atoms with E-state index in [1.807, 2.05) is 0 Å². The summed E-state index contributed by atoms with van der Waals surface area (Å²) in [5.41, 5.74) is -1.80. The summed E-state index contributed by atoms with van der Waals surface area (Å²) in [5.74, 6) is -2.87. The van der Waals surface area contributed by atoms with Gasteiger partial charge in [0.25, 0.3) is 5.91 Å². The molecule has 11 heteroatoms. The average molecular weight is 465 g/mol. The van der Waals surface area contributed by atoms with Crippen LogP contribution in [0.5, 0.6) is 11.5 Å². The fourth-order valence-electron chi connectivity index (χ4n) is 3.07. The molecule has 1 aliphatic heterocycles. The van der Waals surface area contributed by atoms with Gasteiger partial charge in [-0.05, 0) is 43.4 Å². The second kappa shape index (κ2) is 8.75. The Bertz CT molecular complexity index is 1200. The quantitative estimate of drug-likeness (QED) is 0.394. The van der Waals surface area contributed by atoms with Gasteiger partial charge < -0.3 is 14.8 Å². The third-order valence-corrected chi connectivity index (χ3v) is 4.78. The fraction of sp³-hybridized carbons (Fsp3) is 0.182. The molecule has 1 amide bonds. The minimum absolute atomic E-state index is 0.0924. The number of anilines is 1. The van der Waals surface area contributed by atoms with E-state index in [1.54, 1.807) is 19.2 Å². The van der Waals surface area contributed by atoms with Gasteiger partial charge in [-0.2, -0.15) is 13.2 Å². The summed E-state index contributed by atoms with van der Waals surface area (Å²) < 4.78 is 77.9. The van der Waals surface area contributed by atoms with Gasteiger partial charge in [0, 0.05) is 18.3 Å². The lowest BCUT2D eigenvalue weighted by Crippen LogP contribution is -2.16. The lowest BCUT2D eigenvalue weighted by atomic mass is 10.1. The number of benzene rings is 2. The van der Waals surface area contributed by atoms with Crippen molar-refractivity contribution in [1.82, 2.24) is 10.3 Å². The van der Waals surface area contributed by atoms with Gasteiger partial charge in [0.15, 0.2) is 0 Å². The molecule has 6 nitrogen and oxygen atoms in total. The van der Waals surface area contributed by atoms with Crippen LogP contribution in [0.1, 0.15) is 27.7 Å². The molecule has 0 aliphatic carbocycles. The Kier molecular flexibility index (Phi) is 6.00. The highest BCUT2D eigenvalue weighted by atomic mass is 19.4. The van der Waals surface area contributed by atoms with Crippen LogP contribution >= 0.6 is 0 Å². The lowest BCUT2D eigenvalue weighted by Gasteiger charge is -2.12. The van der Waals surface area contributed by atoms with Gasteiger partial charge >= 0.3 is 6.18 Å². The number of nitrogens with zero attached hydrogens (tertiary/aromatic N) is 1. The predicted molar refractivity (Wildman–Crippen MR) is 107 cm³/mol.